The maximum absolute atomic E-state index is 13.6. The Balaban J connectivity index is 2.93. The Morgan fingerprint density at radius 1 is 1.03 bits per heavy atom. The summed E-state index contributed by atoms with van der Waals surface area (Å²) in [6, 6.07) is 8.18. The molecule has 0 saturated heterocycles. The molecule has 1 aromatic rings. The van der Waals surface area contributed by atoms with E-state index in [9.17, 15) is 14.4 Å². The fourth-order valence-corrected chi connectivity index (χ4v) is 3.91. The van der Waals surface area contributed by atoms with Gasteiger partial charge in [-0.1, -0.05) is 77.8 Å². The molecule has 0 fully saturated rings. The second-order valence-corrected chi connectivity index (χ2v) is 9.31. The number of benzene rings is 1. The number of esters is 1. The summed E-state index contributed by atoms with van der Waals surface area (Å²) in [5.74, 6) is -0.729. The molecule has 0 aliphatic rings. The van der Waals surface area contributed by atoms with Crippen LogP contribution in [0.2, 0.25) is 0 Å². The van der Waals surface area contributed by atoms with Crippen LogP contribution in [0.25, 0.3) is 0 Å². The van der Waals surface area contributed by atoms with E-state index in [1.54, 1.807) is 11.9 Å². The minimum Gasteiger partial charge on any atom is -0.466 e. The van der Waals surface area contributed by atoms with Crippen molar-refractivity contribution in [1.82, 2.24) is 10.2 Å². The third-order valence-electron chi connectivity index (χ3n) is 6.25. The fourth-order valence-electron chi connectivity index (χ4n) is 3.91. The Labute approximate surface area is 210 Å². The van der Waals surface area contributed by atoms with E-state index >= 15 is 0 Å². The molecule has 8 heteroatoms. The maximum Gasteiger partial charge on any atom is 0.408 e. The lowest BCUT2D eigenvalue weighted by molar-refractivity contribution is -0.151. The molecule has 1 N–H and O–H groups in total. The van der Waals surface area contributed by atoms with Gasteiger partial charge >= 0.3 is 12.1 Å². The second kappa shape index (κ2) is 16.1. The first kappa shape index (κ1) is 30.4. The first-order valence-electron chi connectivity index (χ1n) is 12.6. The van der Waals surface area contributed by atoms with Gasteiger partial charge in [-0.3, -0.25) is 9.59 Å². The van der Waals surface area contributed by atoms with Crippen molar-refractivity contribution in [2.45, 2.75) is 85.1 Å². The molecule has 0 spiro atoms. The molecule has 1 rings (SSSR count). The number of alkyl carbamates (subject to hydrolysis) is 1. The lowest BCUT2D eigenvalue weighted by Crippen LogP contribution is -2.57. The fraction of sp³-hybridized carbons (Fsp3) is 0.667. The highest BCUT2D eigenvalue weighted by atomic mass is 16.5. The van der Waals surface area contributed by atoms with Crippen LogP contribution < -0.4 is 5.32 Å². The van der Waals surface area contributed by atoms with Gasteiger partial charge in [0.05, 0.1) is 25.2 Å². The predicted molar refractivity (Wildman–Crippen MR) is 136 cm³/mol. The molecular formula is C27H44N2O6. The molecule has 0 unspecified atom stereocenters. The number of nitrogens with zero attached hydrogens (tertiary/aromatic N) is 1. The largest absolute Gasteiger partial charge is 0.466 e. The third kappa shape index (κ3) is 10.3. The van der Waals surface area contributed by atoms with Gasteiger partial charge in [-0.25, -0.2) is 4.79 Å². The van der Waals surface area contributed by atoms with Crippen LogP contribution in [-0.2, 0) is 30.4 Å². The lowest BCUT2D eigenvalue weighted by atomic mass is 9.90. The molecular weight excluding hydrogens is 448 g/mol. The van der Waals surface area contributed by atoms with Crippen LogP contribution in [0.1, 0.15) is 65.9 Å². The third-order valence-corrected chi connectivity index (χ3v) is 6.25. The van der Waals surface area contributed by atoms with Gasteiger partial charge in [-0.15, -0.1) is 0 Å². The summed E-state index contributed by atoms with van der Waals surface area (Å²) in [7, 11) is 3.23. The molecule has 0 radical (unpaired) electrons. The first-order valence-corrected chi connectivity index (χ1v) is 12.6. The van der Waals surface area contributed by atoms with Crippen molar-refractivity contribution in [2.24, 2.45) is 11.8 Å². The molecule has 8 nitrogen and oxygen atoms in total. The Bertz CT molecular complexity index is 770. The number of hydrogen-bond donors (Lipinski definition) is 1. The van der Waals surface area contributed by atoms with Gasteiger partial charge in [0.25, 0.3) is 0 Å². The monoisotopic (exact) mass is 492 g/mol. The lowest BCUT2D eigenvalue weighted by Gasteiger charge is -2.39. The maximum atomic E-state index is 13.6. The SMILES string of the molecule is CCCCOC(=O)C[C@@H](OC)[C@H]([C@@H](C)CC)N(C)C(=O)[C@@H](NC(=O)OCc1ccccc1)C(C)C. The van der Waals surface area contributed by atoms with Gasteiger partial charge in [0.15, 0.2) is 0 Å². The van der Waals surface area contributed by atoms with Gasteiger partial charge in [-0.05, 0) is 23.8 Å². The summed E-state index contributed by atoms with van der Waals surface area (Å²) < 4.78 is 16.3. The van der Waals surface area contributed by atoms with Gasteiger partial charge in [0.2, 0.25) is 5.91 Å². The first-order chi connectivity index (χ1) is 16.7. The average molecular weight is 493 g/mol. The number of amides is 2. The number of carbonyl (C=O) groups excluding carboxylic acids is 3. The summed E-state index contributed by atoms with van der Waals surface area (Å²) >= 11 is 0. The number of rotatable bonds is 15. The summed E-state index contributed by atoms with van der Waals surface area (Å²) in [4.78, 5) is 40.0. The van der Waals surface area contributed by atoms with Crippen molar-refractivity contribution < 1.29 is 28.6 Å². The van der Waals surface area contributed by atoms with Crippen LogP contribution in [-0.4, -0.2) is 61.8 Å². The number of ether oxygens (including phenoxy) is 3. The number of carbonyl (C=O) groups is 3. The summed E-state index contributed by atoms with van der Waals surface area (Å²) in [5, 5.41) is 2.73. The van der Waals surface area contributed by atoms with E-state index in [0.29, 0.717) is 6.61 Å². The van der Waals surface area contributed by atoms with E-state index in [1.165, 1.54) is 7.11 Å². The number of unbranched alkanes of at least 4 members (excludes halogenated alkanes) is 1. The van der Waals surface area contributed by atoms with Crippen LogP contribution in [0, 0.1) is 11.8 Å². The van der Waals surface area contributed by atoms with E-state index in [2.05, 4.69) is 5.32 Å². The van der Waals surface area contributed by atoms with Crippen LogP contribution >= 0.6 is 0 Å². The topological polar surface area (TPSA) is 94.2 Å². The van der Waals surface area contributed by atoms with Gasteiger partial charge in [-0.2, -0.15) is 0 Å². The molecule has 35 heavy (non-hydrogen) atoms. The van der Waals surface area contributed by atoms with Crippen LogP contribution in [0.4, 0.5) is 4.79 Å². The van der Waals surface area contributed by atoms with Crippen molar-refractivity contribution in [3.05, 3.63) is 35.9 Å². The van der Waals surface area contributed by atoms with Gasteiger partial charge in [0, 0.05) is 14.2 Å². The van der Waals surface area contributed by atoms with Crippen molar-refractivity contribution in [2.75, 3.05) is 20.8 Å². The van der Waals surface area contributed by atoms with Gasteiger partial charge in [0.1, 0.15) is 12.6 Å². The quantitative estimate of drug-likeness (QED) is 0.285. The van der Waals surface area contributed by atoms with Gasteiger partial charge < -0.3 is 24.4 Å². The van der Waals surface area contributed by atoms with E-state index in [-0.39, 0.29) is 42.8 Å². The number of methoxy groups -OCH3 is 1. The van der Waals surface area contributed by atoms with Crippen molar-refractivity contribution >= 4 is 18.0 Å². The zero-order valence-electron chi connectivity index (χ0n) is 22.4. The Morgan fingerprint density at radius 3 is 2.23 bits per heavy atom. The molecule has 2 amide bonds. The molecule has 198 valence electrons. The van der Waals surface area contributed by atoms with Crippen molar-refractivity contribution in [3.8, 4) is 0 Å². The summed E-state index contributed by atoms with van der Waals surface area (Å²) in [6.07, 6.45) is 1.38. The minimum atomic E-state index is -0.788. The zero-order chi connectivity index (χ0) is 26.4. The molecule has 0 aliphatic carbocycles. The molecule has 0 bridgehead atoms. The van der Waals surface area contributed by atoms with Crippen LogP contribution in [0.5, 0.6) is 0 Å². The zero-order valence-corrected chi connectivity index (χ0v) is 22.4. The second-order valence-electron chi connectivity index (χ2n) is 9.31. The summed E-state index contributed by atoms with van der Waals surface area (Å²) in [5.41, 5.74) is 0.859. The highest BCUT2D eigenvalue weighted by molar-refractivity contribution is 5.86. The van der Waals surface area contributed by atoms with E-state index in [0.717, 1.165) is 24.8 Å². The molecule has 0 aromatic heterocycles. The number of hydrogen-bond acceptors (Lipinski definition) is 6. The van der Waals surface area contributed by atoms with Crippen LogP contribution in [0.15, 0.2) is 30.3 Å². The van der Waals surface area contributed by atoms with Crippen molar-refractivity contribution in [3.63, 3.8) is 0 Å². The number of likely N-dealkylation sites (N-methyl/N-ethyl adjacent to an activating group) is 1. The highest BCUT2D eigenvalue weighted by Gasteiger charge is 2.37. The summed E-state index contributed by atoms with van der Waals surface area (Å²) in [6.45, 7) is 10.3. The molecule has 0 heterocycles. The van der Waals surface area contributed by atoms with Crippen molar-refractivity contribution in [1.29, 1.82) is 0 Å². The predicted octanol–water partition coefficient (Wildman–Crippen LogP) is 4.56. The average Bonchev–Trinajstić information content (AvgIpc) is 2.85. The van der Waals surface area contributed by atoms with E-state index in [1.807, 2.05) is 65.0 Å². The Morgan fingerprint density at radius 2 is 1.69 bits per heavy atom. The Kier molecular flexibility index (Phi) is 14.0. The highest BCUT2D eigenvalue weighted by Crippen LogP contribution is 2.23. The smallest absolute Gasteiger partial charge is 0.408 e. The van der Waals surface area contributed by atoms with E-state index in [4.69, 9.17) is 14.2 Å². The molecule has 0 saturated carbocycles. The van der Waals surface area contributed by atoms with Crippen LogP contribution in [0.3, 0.4) is 0 Å². The Hall–Kier alpha value is -2.61. The van der Waals surface area contributed by atoms with E-state index < -0.39 is 18.2 Å². The molecule has 1 aromatic carbocycles. The molecule has 0 aliphatic heterocycles. The molecule has 4 atom stereocenters. The standard InChI is InChI=1S/C27H44N2O6/c1-8-10-16-34-23(30)17-22(33-7)25(20(5)9-2)29(6)26(31)24(19(3)4)28-27(32)35-18-21-14-12-11-13-15-21/h11-15,19-20,22,24-25H,8-10,16-18H2,1-7H3,(H,28,32)/t20-,22+,24-,25-/m0/s1. The number of nitrogens with one attached hydrogen (secondary N) is 1. The normalized spacial score (nSPS) is 14.5. The minimum absolute atomic E-state index is 0.0474.